The van der Waals surface area contributed by atoms with Gasteiger partial charge in [-0.1, -0.05) is 18.2 Å². The monoisotopic (exact) mass is 361 g/mol. The fourth-order valence-corrected chi connectivity index (χ4v) is 3.40. The lowest BCUT2D eigenvalue weighted by Gasteiger charge is -2.09. The van der Waals surface area contributed by atoms with Gasteiger partial charge in [0.05, 0.1) is 6.61 Å². The number of methoxy groups -OCH3 is 1. The third-order valence-corrected chi connectivity index (χ3v) is 4.61. The van der Waals surface area contributed by atoms with E-state index in [-0.39, 0.29) is 0 Å². The second kappa shape index (κ2) is 7.63. The lowest BCUT2D eigenvalue weighted by atomic mass is 10.1. The van der Waals surface area contributed by atoms with Gasteiger partial charge < -0.3 is 19.9 Å². The minimum absolute atomic E-state index is 0.584. The molecule has 2 aromatic carbocycles. The number of anilines is 3. The predicted molar refractivity (Wildman–Crippen MR) is 111 cm³/mol. The highest BCUT2D eigenvalue weighted by Crippen LogP contribution is 2.31. The quantitative estimate of drug-likeness (QED) is 0.478. The largest absolute Gasteiger partial charge is 0.383 e. The van der Waals surface area contributed by atoms with Gasteiger partial charge in [-0.2, -0.15) is 4.98 Å². The number of hydrogen-bond acceptors (Lipinski definition) is 5. The molecular weight excluding hydrogens is 338 g/mol. The van der Waals surface area contributed by atoms with Crippen LogP contribution in [-0.4, -0.2) is 34.8 Å². The van der Waals surface area contributed by atoms with Crippen LogP contribution in [0.25, 0.3) is 21.8 Å². The number of rotatable bonds is 7. The summed E-state index contributed by atoms with van der Waals surface area (Å²) in [6.07, 6.45) is 1.74. The lowest BCUT2D eigenvalue weighted by molar-refractivity contribution is 0.210. The average molecular weight is 361 g/mol. The van der Waals surface area contributed by atoms with Crippen LogP contribution in [0.2, 0.25) is 0 Å². The van der Waals surface area contributed by atoms with Gasteiger partial charge in [0.2, 0.25) is 5.95 Å². The molecular formula is C21H23N5O. The summed E-state index contributed by atoms with van der Waals surface area (Å²) in [7, 11) is 1.67. The number of aromatic nitrogens is 3. The molecule has 0 amide bonds. The van der Waals surface area contributed by atoms with Crippen molar-refractivity contribution < 1.29 is 4.74 Å². The second-order valence-corrected chi connectivity index (χ2v) is 6.30. The number of para-hydroxylation sites is 1. The minimum Gasteiger partial charge on any atom is -0.383 e. The van der Waals surface area contributed by atoms with Gasteiger partial charge in [-0.15, -0.1) is 0 Å². The minimum atomic E-state index is 0.584. The third-order valence-electron chi connectivity index (χ3n) is 4.61. The van der Waals surface area contributed by atoms with Crippen molar-refractivity contribution in [2.75, 3.05) is 30.9 Å². The van der Waals surface area contributed by atoms with Crippen LogP contribution >= 0.6 is 0 Å². The van der Waals surface area contributed by atoms with Gasteiger partial charge in [-0.3, -0.25) is 0 Å². The van der Waals surface area contributed by atoms with Gasteiger partial charge >= 0.3 is 0 Å². The van der Waals surface area contributed by atoms with E-state index in [2.05, 4.69) is 74.6 Å². The summed E-state index contributed by atoms with van der Waals surface area (Å²) in [5.74, 6) is 1.34. The van der Waals surface area contributed by atoms with Crippen molar-refractivity contribution >= 4 is 39.3 Å². The van der Waals surface area contributed by atoms with Gasteiger partial charge in [0.25, 0.3) is 0 Å². The van der Waals surface area contributed by atoms with Crippen LogP contribution < -0.4 is 10.6 Å². The first kappa shape index (κ1) is 17.3. The van der Waals surface area contributed by atoms with Crippen LogP contribution in [0, 0.1) is 0 Å². The van der Waals surface area contributed by atoms with Gasteiger partial charge in [0, 0.05) is 53.9 Å². The van der Waals surface area contributed by atoms with Gasteiger partial charge in [-0.25, -0.2) is 4.98 Å². The second-order valence-electron chi connectivity index (χ2n) is 6.30. The van der Waals surface area contributed by atoms with Crippen LogP contribution in [0.15, 0.2) is 54.7 Å². The molecule has 0 saturated carbocycles. The zero-order valence-electron chi connectivity index (χ0n) is 15.6. The molecule has 0 saturated heterocycles. The Morgan fingerprint density at radius 3 is 2.74 bits per heavy atom. The van der Waals surface area contributed by atoms with Crippen molar-refractivity contribution in [1.82, 2.24) is 14.5 Å². The maximum absolute atomic E-state index is 5.04. The number of nitrogens with zero attached hydrogens (tertiary/aromatic N) is 3. The molecule has 0 bridgehead atoms. The molecule has 27 heavy (non-hydrogen) atoms. The first-order valence-corrected chi connectivity index (χ1v) is 9.14. The van der Waals surface area contributed by atoms with Gasteiger partial charge in [0.1, 0.15) is 5.82 Å². The molecule has 0 aliphatic carbocycles. The first-order valence-electron chi connectivity index (χ1n) is 9.14. The van der Waals surface area contributed by atoms with Crippen LogP contribution in [0.5, 0.6) is 0 Å². The number of aryl methyl sites for hydroxylation is 1. The molecule has 6 nitrogen and oxygen atoms in total. The molecule has 0 fully saturated rings. The number of fused-ring (bicyclic) bond motifs is 3. The molecule has 2 heterocycles. The molecule has 0 atom stereocenters. The number of ether oxygens (including phenoxy) is 1. The Morgan fingerprint density at radius 2 is 1.89 bits per heavy atom. The van der Waals surface area contributed by atoms with Crippen LogP contribution in [0.3, 0.4) is 0 Å². The van der Waals surface area contributed by atoms with E-state index in [1.165, 1.54) is 21.8 Å². The summed E-state index contributed by atoms with van der Waals surface area (Å²) < 4.78 is 7.39. The summed E-state index contributed by atoms with van der Waals surface area (Å²) in [5, 5.41) is 9.04. The van der Waals surface area contributed by atoms with E-state index < -0.39 is 0 Å². The average Bonchev–Trinajstić information content (AvgIpc) is 3.02. The normalized spacial score (nSPS) is 11.2. The standard InChI is InChI=1S/C21H23N5O/c1-3-26-18-7-5-4-6-16(18)17-14-15(8-9-19(17)26)24-20-10-11-22-21(25-20)23-12-13-27-2/h4-11,14H,3,12-13H2,1-2H3,(H2,22,23,24,25). The van der Waals surface area contributed by atoms with E-state index in [0.717, 1.165) is 18.1 Å². The number of nitrogens with one attached hydrogen (secondary N) is 2. The smallest absolute Gasteiger partial charge is 0.224 e. The fraction of sp³-hybridized carbons (Fsp3) is 0.238. The highest BCUT2D eigenvalue weighted by molar-refractivity contribution is 6.09. The maximum Gasteiger partial charge on any atom is 0.224 e. The van der Waals surface area contributed by atoms with Crippen molar-refractivity contribution in [2.45, 2.75) is 13.5 Å². The molecule has 0 aliphatic heterocycles. The molecule has 138 valence electrons. The third kappa shape index (κ3) is 3.44. The first-order chi connectivity index (χ1) is 13.3. The Balaban J connectivity index is 1.65. The molecule has 2 N–H and O–H groups in total. The summed E-state index contributed by atoms with van der Waals surface area (Å²) in [4.78, 5) is 8.75. The lowest BCUT2D eigenvalue weighted by Crippen LogP contribution is -2.10. The van der Waals surface area contributed by atoms with Crippen molar-refractivity contribution in [2.24, 2.45) is 0 Å². The SMILES string of the molecule is CCn1c2ccccc2c2cc(Nc3ccnc(NCCOC)n3)ccc21. The Bertz CT molecular complexity index is 1070. The molecule has 0 unspecified atom stereocenters. The molecule has 4 rings (SSSR count). The zero-order chi connectivity index (χ0) is 18.6. The Labute approximate surface area is 158 Å². The Morgan fingerprint density at radius 1 is 1.04 bits per heavy atom. The zero-order valence-corrected chi connectivity index (χ0v) is 15.6. The van der Waals surface area contributed by atoms with Crippen LogP contribution in [0.4, 0.5) is 17.5 Å². The number of benzene rings is 2. The van der Waals surface area contributed by atoms with Crippen molar-refractivity contribution in [3.05, 3.63) is 54.7 Å². The summed E-state index contributed by atoms with van der Waals surface area (Å²) >= 11 is 0. The highest BCUT2D eigenvalue weighted by atomic mass is 16.5. The van der Waals surface area contributed by atoms with Crippen molar-refractivity contribution in [3.8, 4) is 0 Å². The maximum atomic E-state index is 5.04. The predicted octanol–water partition coefficient (Wildman–Crippen LogP) is 4.41. The molecule has 0 aliphatic rings. The van der Waals surface area contributed by atoms with E-state index in [4.69, 9.17) is 4.74 Å². The molecule has 0 spiro atoms. The summed E-state index contributed by atoms with van der Waals surface area (Å²) in [6, 6.07) is 16.8. The van der Waals surface area contributed by atoms with Crippen LogP contribution in [0.1, 0.15) is 6.92 Å². The van der Waals surface area contributed by atoms with Crippen molar-refractivity contribution in [3.63, 3.8) is 0 Å². The van der Waals surface area contributed by atoms with E-state index in [0.29, 0.717) is 19.1 Å². The van der Waals surface area contributed by atoms with E-state index in [1.807, 2.05) is 6.07 Å². The fourth-order valence-electron chi connectivity index (χ4n) is 3.40. The molecule has 0 radical (unpaired) electrons. The topological polar surface area (TPSA) is 64.0 Å². The molecule has 2 aromatic heterocycles. The Hall–Kier alpha value is -3.12. The van der Waals surface area contributed by atoms with Gasteiger partial charge in [-0.05, 0) is 37.3 Å². The number of hydrogen-bond donors (Lipinski definition) is 2. The summed E-state index contributed by atoms with van der Waals surface area (Å²) in [6.45, 7) is 4.40. The van der Waals surface area contributed by atoms with E-state index >= 15 is 0 Å². The Kier molecular flexibility index (Phi) is 4.89. The van der Waals surface area contributed by atoms with Gasteiger partial charge in [0.15, 0.2) is 0 Å². The molecule has 4 aromatic rings. The molecule has 6 heteroatoms. The van der Waals surface area contributed by atoms with Crippen LogP contribution in [-0.2, 0) is 11.3 Å². The van der Waals surface area contributed by atoms with Crippen molar-refractivity contribution in [1.29, 1.82) is 0 Å². The summed E-state index contributed by atoms with van der Waals surface area (Å²) in [5.41, 5.74) is 3.51. The van der Waals surface area contributed by atoms with E-state index in [1.54, 1.807) is 13.3 Å². The van der Waals surface area contributed by atoms with E-state index in [9.17, 15) is 0 Å². The highest BCUT2D eigenvalue weighted by Gasteiger charge is 2.10.